The van der Waals surface area contributed by atoms with Gasteiger partial charge in [0.1, 0.15) is 12.6 Å². The van der Waals surface area contributed by atoms with Gasteiger partial charge in [0.2, 0.25) is 5.91 Å². The van der Waals surface area contributed by atoms with Crippen LogP contribution >= 0.6 is 0 Å². The normalized spacial score (nSPS) is 16.9. The number of nitrogens with one attached hydrogen (secondary N) is 2. The number of rotatable bonds is 9. The van der Waals surface area contributed by atoms with Gasteiger partial charge in [0.05, 0.1) is 18.6 Å². The van der Waals surface area contributed by atoms with E-state index in [9.17, 15) is 19.5 Å². The number of carboxylic acids is 1. The Morgan fingerprint density at radius 1 is 1.03 bits per heavy atom. The molecule has 2 aromatic carbocycles. The predicted molar refractivity (Wildman–Crippen MR) is 125 cm³/mol. The van der Waals surface area contributed by atoms with Gasteiger partial charge in [-0.25, -0.2) is 4.79 Å². The summed E-state index contributed by atoms with van der Waals surface area (Å²) in [5.41, 5.74) is 3.66. The zero-order valence-corrected chi connectivity index (χ0v) is 19.2. The van der Waals surface area contributed by atoms with Crippen molar-refractivity contribution in [3.8, 4) is 11.1 Å². The summed E-state index contributed by atoms with van der Waals surface area (Å²) in [6.45, 7) is 0.0727. The molecule has 3 N–H and O–H groups in total. The summed E-state index contributed by atoms with van der Waals surface area (Å²) >= 11 is 0. The standard InChI is InChI=1S/C26H30N2O6/c1-33-16-22(24(31)28-26(14-23(29)30)12-6-7-13-26)27-25(32)34-15-21-19-10-4-2-8-17(19)18-9-3-5-11-20(18)21/h2-5,8-11,21-22H,6-7,12-16H2,1H3,(H,27,32)(H,28,31)(H,29,30). The average Bonchev–Trinajstić information content (AvgIpc) is 3.39. The Bertz CT molecular complexity index is 1020. The molecule has 1 atom stereocenters. The minimum Gasteiger partial charge on any atom is -0.481 e. The summed E-state index contributed by atoms with van der Waals surface area (Å²) in [5.74, 6) is -1.53. The Hall–Kier alpha value is -3.39. The molecule has 1 unspecified atom stereocenters. The van der Waals surface area contributed by atoms with Crippen molar-refractivity contribution in [2.24, 2.45) is 0 Å². The van der Waals surface area contributed by atoms with Crippen LogP contribution in [0.2, 0.25) is 0 Å². The number of carbonyl (C=O) groups is 3. The largest absolute Gasteiger partial charge is 0.481 e. The van der Waals surface area contributed by atoms with Gasteiger partial charge in [-0.3, -0.25) is 9.59 Å². The lowest BCUT2D eigenvalue weighted by Gasteiger charge is -2.31. The fourth-order valence-corrected chi connectivity index (χ4v) is 5.17. The number of alkyl carbamates (subject to hydrolysis) is 1. The van der Waals surface area contributed by atoms with E-state index in [1.165, 1.54) is 7.11 Å². The van der Waals surface area contributed by atoms with Gasteiger partial charge in [0.25, 0.3) is 0 Å². The van der Waals surface area contributed by atoms with Crippen molar-refractivity contribution in [3.63, 3.8) is 0 Å². The predicted octanol–water partition coefficient (Wildman–Crippen LogP) is 3.44. The van der Waals surface area contributed by atoms with Gasteiger partial charge < -0.3 is 25.2 Å². The molecule has 2 aliphatic rings. The molecular formula is C26H30N2O6. The first-order chi connectivity index (χ1) is 16.4. The van der Waals surface area contributed by atoms with Crippen molar-refractivity contribution in [1.29, 1.82) is 0 Å². The molecule has 1 saturated carbocycles. The van der Waals surface area contributed by atoms with Gasteiger partial charge >= 0.3 is 12.1 Å². The van der Waals surface area contributed by atoms with Crippen LogP contribution in [0.1, 0.15) is 49.1 Å². The number of ether oxygens (including phenoxy) is 2. The van der Waals surface area contributed by atoms with Gasteiger partial charge in [-0.2, -0.15) is 0 Å². The number of methoxy groups -OCH3 is 1. The number of benzene rings is 2. The van der Waals surface area contributed by atoms with Crippen molar-refractivity contribution < 1.29 is 29.0 Å². The van der Waals surface area contributed by atoms with Crippen LogP contribution in [0.25, 0.3) is 11.1 Å². The second-order valence-corrected chi connectivity index (χ2v) is 9.03. The number of hydrogen-bond acceptors (Lipinski definition) is 5. The van der Waals surface area contributed by atoms with Crippen molar-refractivity contribution in [1.82, 2.24) is 10.6 Å². The lowest BCUT2D eigenvalue weighted by molar-refractivity contribution is -0.139. The Labute approximate surface area is 198 Å². The number of carboxylic acid groups (broad SMARTS) is 1. The van der Waals surface area contributed by atoms with Gasteiger partial charge in [-0.1, -0.05) is 61.4 Å². The van der Waals surface area contributed by atoms with E-state index in [0.717, 1.165) is 35.1 Å². The molecule has 8 nitrogen and oxygen atoms in total. The summed E-state index contributed by atoms with van der Waals surface area (Å²) in [6, 6.07) is 15.1. The lowest BCUT2D eigenvalue weighted by Crippen LogP contribution is -2.56. The van der Waals surface area contributed by atoms with E-state index in [1.807, 2.05) is 36.4 Å². The molecule has 0 saturated heterocycles. The van der Waals surface area contributed by atoms with Gasteiger partial charge in [-0.05, 0) is 35.1 Å². The van der Waals surface area contributed by atoms with Crippen LogP contribution in [-0.2, 0) is 19.1 Å². The maximum absolute atomic E-state index is 12.9. The Morgan fingerprint density at radius 2 is 1.62 bits per heavy atom. The highest BCUT2D eigenvalue weighted by Crippen LogP contribution is 2.44. The van der Waals surface area contributed by atoms with Crippen LogP contribution in [0.3, 0.4) is 0 Å². The molecule has 34 heavy (non-hydrogen) atoms. The van der Waals surface area contributed by atoms with Gasteiger partial charge in [-0.15, -0.1) is 0 Å². The summed E-state index contributed by atoms with van der Waals surface area (Å²) in [6.07, 6.45) is 2.01. The highest BCUT2D eigenvalue weighted by atomic mass is 16.5. The van der Waals surface area contributed by atoms with E-state index < -0.39 is 29.6 Å². The Balaban J connectivity index is 1.40. The van der Waals surface area contributed by atoms with Crippen molar-refractivity contribution in [3.05, 3.63) is 59.7 Å². The molecule has 0 bridgehead atoms. The average molecular weight is 467 g/mol. The first-order valence-electron chi connectivity index (χ1n) is 11.6. The van der Waals surface area contributed by atoms with Crippen LogP contribution in [0.4, 0.5) is 4.79 Å². The number of carbonyl (C=O) groups excluding carboxylic acids is 2. The third-order valence-electron chi connectivity index (χ3n) is 6.72. The van der Waals surface area contributed by atoms with Crippen molar-refractivity contribution >= 4 is 18.0 Å². The van der Waals surface area contributed by atoms with Gasteiger partial charge in [0, 0.05) is 13.0 Å². The Morgan fingerprint density at radius 3 is 2.18 bits per heavy atom. The molecule has 2 amide bonds. The molecule has 2 aliphatic carbocycles. The Kier molecular flexibility index (Phi) is 7.17. The molecule has 0 aromatic heterocycles. The lowest BCUT2D eigenvalue weighted by atomic mass is 9.92. The fraction of sp³-hybridized carbons (Fsp3) is 0.423. The van der Waals surface area contributed by atoms with Gasteiger partial charge in [0.15, 0.2) is 0 Å². The zero-order chi connectivity index (χ0) is 24.1. The number of fused-ring (bicyclic) bond motifs is 3. The fourth-order valence-electron chi connectivity index (χ4n) is 5.17. The molecule has 1 fully saturated rings. The molecule has 0 heterocycles. The molecule has 0 spiro atoms. The molecule has 180 valence electrons. The van der Waals surface area contributed by atoms with Crippen LogP contribution in [0, 0.1) is 0 Å². The molecule has 8 heteroatoms. The number of hydrogen-bond donors (Lipinski definition) is 3. The first-order valence-corrected chi connectivity index (χ1v) is 11.6. The van der Waals surface area contributed by atoms with Crippen LogP contribution in [-0.4, -0.2) is 55.0 Å². The van der Waals surface area contributed by atoms with Crippen molar-refractivity contribution in [2.75, 3.05) is 20.3 Å². The van der Waals surface area contributed by atoms with E-state index in [-0.39, 0.29) is 25.6 Å². The highest BCUT2D eigenvalue weighted by molar-refractivity contribution is 5.87. The smallest absolute Gasteiger partial charge is 0.407 e. The molecule has 4 rings (SSSR count). The first kappa shape index (κ1) is 23.8. The summed E-state index contributed by atoms with van der Waals surface area (Å²) < 4.78 is 10.7. The van der Waals surface area contributed by atoms with Crippen molar-refractivity contribution in [2.45, 2.75) is 49.6 Å². The number of amides is 2. The quantitative estimate of drug-likeness (QED) is 0.522. The van der Waals surface area contributed by atoms with E-state index >= 15 is 0 Å². The van der Waals surface area contributed by atoms with Crippen LogP contribution in [0.5, 0.6) is 0 Å². The summed E-state index contributed by atoms with van der Waals surface area (Å²) in [7, 11) is 1.43. The third-order valence-corrected chi connectivity index (χ3v) is 6.72. The number of aliphatic carboxylic acids is 1. The summed E-state index contributed by atoms with van der Waals surface area (Å²) in [5, 5.41) is 14.7. The molecule has 0 radical (unpaired) electrons. The third kappa shape index (κ3) is 5.07. The molecule has 0 aliphatic heterocycles. The van der Waals surface area contributed by atoms with Crippen LogP contribution in [0.15, 0.2) is 48.5 Å². The van der Waals surface area contributed by atoms with E-state index in [0.29, 0.717) is 12.8 Å². The molecular weight excluding hydrogens is 436 g/mol. The van der Waals surface area contributed by atoms with Crippen LogP contribution < -0.4 is 10.6 Å². The van der Waals surface area contributed by atoms with E-state index in [2.05, 4.69) is 22.8 Å². The van der Waals surface area contributed by atoms with E-state index in [4.69, 9.17) is 9.47 Å². The topological polar surface area (TPSA) is 114 Å². The summed E-state index contributed by atoms with van der Waals surface area (Å²) in [4.78, 5) is 36.9. The van der Waals surface area contributed by atoms with E-state index in [1.54, 1.807) is 0 Å². The second-order valence-electron chi connectivity index (χ2n) is 9.03. The SMILES string of the molecule is COCC(NC(=O)OCC1c2ccccc2-c2ccccc21)C(=O)NC1(CC(=O)O)CCCC1. The minimum absolute atomic E-state index is 0.0564. The zero-order valence-electron chi connectivity index (χ0n) is 19.2. The maximum Gasteiger partial charge on any atom is 0.407 e. The maximum atomic E-state index is 12.9. The highest BCUT2D eigenvalue weighted by Gasteiger charge is 2.39. The monoisotopic (exact) mass is 466 g/mol. The minimum atomic E-state index is -0.994. The molecule has 2 aromatic rings. The second kappa shape index (κ2) is 10.3.